The van der Waals surface area contributed by atoms with Gasteiger partial charge in [-0.25, -0.2) is 4.79 Å². The predicted molar refractivity (Wildman–Crippen MR) is 93.1 cm³/mol. The van der Waals surface area contributed by atoms with Crippen LogP contribution in [0.3, 0.4) is 0 Å². The molecule has 12 nitrogen and oxygen atoms in total. The Balaban J connectivity index is 2.15. The molecule has 142 valence electrons. The normalized spacial score (nSPS) is 11.4. The molecule has 0 fully saturated rings. The van der Waals surface area contributed by atoms with Crippen molar-refractivity contribution < 1.29 is 24.7 Å². The molecular formula is C14H13ClN6O6. The smallest absolute Gasteiger partial charge is 0.326 e. The third-order valence-corrected chi connectivity index (χ3v) is 3.36. The van der Waals surface area contributed by atoms with Crippen LogP contribution in [0.5, 0.6) is 0 Å². The van der Waals surface area contributed by atoms with Crippen LogP contribution in [0, 0.1) is 10.1 Å². The summed E-state index contributed by atoms with van der Waals surface area (Å²) in [5.74, 6) is -2.62. The van der Waals surface area contributed by atoms with Gasteiger partial charge in [-0.3, -0.25) is 14.9 Å². The highest BCUT2D eigenvalue weighted by Crippen LogP contribution is 2.20. The number of non-ortho nitro benzene ring substituents is 1. The minimum Gasteiger partial charge on any atom is -0.481 e. The monoisotopic (exact) mass is 396 g/mol. The first-order chi connectivity index (χ1) is 12.7. The molecular weight excluding hydrogens is 384 g/mol. The Labute approximate surface area is 156 Å². The molecule has 13 heteroatoms. The zero-order valence-electron chi connectivity index (χ0n) is 13.5. The van der Waals surface area contributed by atoms with Crippen molar-refractivity contribution in [3.63, 3.8) is 0 Å². The van der Waals surface area contributed by atoms with E-state index in [9.17, 15) is 19.7 Å². The minimum atomic E-state index is -1.28. The minimum absolute atomic E-state index is 0.0336. The lowest BCUT2D eigenvalue weighted by Gasteiger charge is -2.14. The number of nitro benzene ring substituents is 1. The number of rotatable bonds is 9. The first-order valence-electron chi connectivity index (χ1n) is 7.39. The van der Waals surface area contributed by atoms with Crippen LogP contribution >= 0.6 is 11.6 Å². The number of benzene rings is 1. The van der Waals surface area contributed by atoms with Crippen LogP contribution in [-0.2, 0) is 9.59 Å². The number of anilines is 3. The van der Waals surface area contributed by atoms with Gasteiger partial charge in [-0.15, -0.1) is 0 Å². The second kappa shape index (κ2) is 8.71. The van der Waals surface area contributed by atoms with Gasteiger partial charge in [-0.2, -0.15) is 15.0 Å². The van der Waals surface area contributed by atoms with Crippen molar-refractivity contribution in [3.05, 3.63) is 39.7 Å². The van der Waals surface area contributed by atoms with E-state index in [2.05, 4.69) is 25.6 Å². The van der Waals surface area contributed by atoms with Gasteiger partial charge in [0.25, 0.3) is 5.69 Å². The lowest BCUT2D eigenvalue weighted by Crippen LogP contribution is -2.31. The number of hydrogen-bond donors (Lipinski definition) is 4. The van der Waals surface area contributed by atoms with Crippen molar-refractivity contribution in [2.75, 3.05) is 10.6 Å². The number of aromatic nitrogens is 3. The van der Waals surface area contributed by atoms with Crippen molar-refractivity contribution in [2.24, 2.45) is 0 Å². The van der Waals surface area contributed by atoms with Gasteiger partial charge in [-0.1, -0.05) is 0 Å². The first-order valence-corrected chi connectivity index (χ1v) is 7.76. The largest absolute Gasteiger partial charge is 0.481 e. The van der Waals surface area contributed by atoms with Gasteiger partial charge in [-0.05, 0) is 30.2 Å². The van der Waals surface area contributed by atoms with Crippen LogP contribution in [0.4, 0.5) is 23.3 Å². The molecule has 0 bridgehead atoms. The Morgan fingerprint density at radius 1 is 1.15 bits per heavy atom. The SMILES string of the molecule is O=C(O)CC[C@H](Nc1nc(Cl)nc(Nc2ccc([N+](=O)[O-])cc2)n1)C(=O)O. The Kier molecular flexibility index (Phi) is 6.38. The van der Waals surface area contributed by atoms with Gasteiger partial charge in [0.15, 0.2) is 0 Å². The van der Waals surface area contributed by atoms with Gasteiger partial charge in [0.05, 0.1) is 4.92 Å². The van der Waals surface area contributed by atoms with E-state index in [1.54, 1.807) is 0 Å². The number of halogens is 1. The van der Waals surface area contributed by atoms with Crippen LogP contribution in [0.2, 0.25) is 5.28 Å². The lowest BCUT2D eigenvalue weighted by atomic mass is 10.1. The molecule has 0 aliphatic heterocycles. The molecule has 1 aromatic heterocycles. The number of nitro groups is 1. The van der Waals surface area contributed by atoms with Crippen LogP contribution in [0.25, 0.3) is 0 Å². The van der Waals surface area contributed by atoms with Gasteiger partial charge in [0.1, 0.15) is 6.04 Å². The zero-order chi connectivity index (χ0) is 20.0. The predicted octanol–water partition coefficient (Wildman–Crippen LogP) is 1.91. The molecule has 0 spiro atoms. The van der Waals surface area contributed by atoms with E-state index < -0.39 is 22.9 Å². The quantitative estimate of drug-likeness (QED) is 0.359. The van der Waals surface area contributed by atoms with E-state index in [4.69, 9.17) is 21.8 Å². The summed E-state index contributed by atoms with van der Waals surface area (Å²) in [6, 6.07) is 4.16. The Bertz CT molecular complexity index is 862. The standard InChI is InChI=1S/C14H13ClN6O6/c15-12-18-13(16-7-1-3-8(4-2-7)21(26)27)20-14(19-12)17-9(11(24)25)5-6-10(22)23/h1-4,9H,5-6H2,(H,22,23)(H,24,25)(H2,16,17,18,19,20)/t9-/m0/s1. The van der Waals surface area contributed by atoms with Crippen molar-refractivity contribution in [1.82, 2.24) is 15.0 Å². The van der Waals surface area contributed by atoms with Crippen LogP contribution in [0.15, 0.2) is 24.3 Å². The summed E-state index contributed by atoms with van der Waals surface area (Å²) >= 11 is 5.80. The number of nitrogens with zero attached hydrogens (tertiary/aromatic N) is 4. The molecule has 2 aromatic rings. The molecule has 0 saturated carbocycles. The summed E-state index contributed by atoms with van der Waals surface area (Å²) in [6.07, 6.45) is -0.560. The molecule has 0 amide bonds. The highest BCUT2D eigenvalue weighted by Gasteiger charge is 2.20. The Morgan fingerprint density at radius 3 is 2.33 bits per heavy atom. The molecule has 0 aliphatic carbocycles. The van der Waals surface area contributed by atoms with Gasteiger partial charge >= 0.3 is 11.9 Å². The van der Waals surface area contributed by atoms with Gasteiger partial charge < -0.3 is 20.8 Å². The number of carbonyl (C=O) groups is 2. The maximum absolute atomic E-state index is 11.2. The molecule has 1 aromatic carbocycles. The lowest BCUT2D eigenvalue weighted by molar-refractivity contribution is -0.384. The summed E-state index contributed by atoms with van der Waals surface area (Å²) in [6.45, 7) is 0. The summed E-state index contributed by atoms with van der Waals surface area (Å²) in [7, 11) is 0. The molecule has 1 atom stereocenters. The highest BCUT2D eigenvalue weighted by atomic mass is 35.5. The van der Waals surface area contributed by atoms with Crippen molar-refractivity contribution in [3.8, 4) is 0 Å². The second-order valence-electron chi connectivity index (χ2n) is 5.15. The number of nitrogens with one attached hydrogen (secondary N) is 2. The highest BCUT2D eigenvalue weighted by molar-refractivity contribution is 6.28. The Morgan fingerprint density at radius 2 is 1.78 bits per heavy atom. The zero-order valence-corrected chi connectivity index (χ0v) is 14.3. The summed E-state index contributed by atoms with van der Waals surface area (Å²) in [5.41, 5.74) is 0.328. The molecule has 0 unspecified atom stereocenters. The third kappa shape index (κ3) is 6.04. The summed E-state index contributed by atoms with van der Waals surface area (Å²) in [5, 5.41) is 33.5. The summed E-state index contributed by atoms with van der Waals surface area (Å²) < 4.78 is 0. The first kappa shape index (κ1) is 19.8. The van der Waals surface area contributed by atoms with Gasteiger partial charge in [0.2, 0.25) is 17.2 Å². The molecule has 27 heavy (non-hydrogen) atoms. The fraction of sp³-hybridized carbons (Fsp3) is 0.214. The van der Waals surface area contributed by atoms with E-state index in [-0.39, 0.29) is 35.7 Å². The molecule has 2 rings (SSSR count). The topological polar surface area (TPSA) is 180 Å². The number of hydrogen-bond acceptors (Lipinski definition) is 9. The number of carboxylic acid groups (broad SMARTS) is 2. The molecule has 1 heterocycles. The average Bonchev–Trinajstić information content (AvgIpc) is 2.58. The van der Waals surface area contributed by atoms with Crippen LogP contribution in [0.1, 0.15) is 12.8 Å². The number of carboxylic acids is 2. The maximum atomic E-state index is 11.2. The number of aliphatic carboxylic acids is 2. The molecule has 0 saturated heterocycles. The fourth-order valence-corrected chi connectivity index (χ4v) is 2.11. The van der Waals surface area contributed by atoms with Gasteiger partial charge in [0, 0.05) is 24.2 Å². The van der Waals surface area contributed by atoms with E-state index in [0.29, 0.717) is 5.69 Å². The summed E-state index contributed by atoms with van der Waals surface area (Å²) in [4.78, 5) is 43.5. The average molecular weight is 397 g/mol. The van der Waals surface area contributed by atoms with E-state index in [1.807, 2.05) is 0 Å². The maximum Gasteiger partial charge on any atom is 0.326 e. The second-order valence-corrected chi connectivity index (χ2v) is 5.49. The third-order valence-electron chi connectivity index (χ3n) is 3.19. The van der Waals surface area contributed by atoms with Crippen molar-refractivity contribution in [1.29, 1.82) is 0 Å². The van der Waals surface area contributed by atoms with E-state index in [0.717, 1.165) is 0 Å². The van der Waals surface area contributed by atoms with Crippen molar-refractivity contribution in [2.45, 2.75) is 18.9 Å². The fourth-order valence-electron chi connectivity index (χ4n) is 1.95. The van der Waals surface area contributed by atoms with Crippen LogP contribution in [-0.4, -0.2) is 48.1 Å². The molecule has 0 aliphatic rings. The Hall–Kier alpha value is -3.54. The van der Waals surface area contributed by atoms with E-state index in [1.165, 1.54) is 24.3 Å². The molecule has 4 N–H and O–H groups in total. The van der Waals surface area contributed by atoms with Crippen LogP contribution < -0.4 is 10.6 Å². The molecule has 0 radical (unpaired) electrons. The van der Waals surface area contributed by atoms with Crippen molar-refractivity contribution >= 4 is 46.8 Å². The van der Waals surface area contributed by atoms with E-state index >= 15 is 0 Å².